The van der Waals surface area contributed by atoms with Crippen LogP contribution in [0.3, 0.4) is 0 Å². The second-order valence-electron chi connectivity index (χ2n) is 8.81. The van der Waals surface area contributed by atoms with Crippen molar-refractivity contribution in [3.8, 4) is 11.5 Å². The molecule has 0 radical (unpaired) electrons. The van der Waals surface area contributed by atoms with Crippen LogP contribution in [-0.2, 0) is 11.3 Å². The van der Waals surface area contributed by atoms with Crippen LogP contribution in [0.4, 0.5) is 5.69 Å². The molecular formula is C28H29N3O3. The summed E-state index contributed by atoms with van der Waals surface area (Å²) in [5, 5.41) is 0. The number of fused-ring (bicyclic) bond motifs is 1. The van der Waals surface area contributed by atoms with E-state index in [9.17, 15) is 4.79 Å². The lowest BCUT2D eigenvalue weighted by molar-refractivity contribution is -0.117. The Morgan fingerprint density at radius 3 is 2.65 bits per heavy atom. The predicted molar refractivity (Wildman–Crippen MR) is 134 cm³/mol. The van der Waals surface area contributed by atoms with Gasteiger partial charge in [-0.3, -0.25) is 4.79 Å². The van der Waals surface area contributed by atoms with Gasteiger partial charge in [0.1, 0.15) is 23.9 Å². The molecule has 4 aromatic rings. The molecule has 1 saturated heterocycles. The molecule has 5 rings (SSSR count). The van der Waals surface area contributed by atoms with Crippen LogP contribution in [0.2, 0.25) is 0 Å². The number of imidazole rings is 1. The first kappa shape index (κ1) is 22.0. The van der Waals surface area contributed by atoms with Gasteiger partial charge in [0.05, 0.1) is 30.4 Å². The first-order chi connectivity index (χ1) is 16.5. The molecule has 2 heterocycles. The average Bonchev–Trinajstić information content (AvgIpc) is 3.41. The minimum Gasteiger partial charge on any atom is -0.495 e. The summed E-state index contributed by atoms with van der Waals surface area (Å²) in [5.74, 6) is 2.61. The third-order valence-electron chi connectivity index (χ3n) is 6.47. The van der Waals surface area contributed by atoms with E-state index < -0.39 is 0 Å². The van der Waals surface area contributed by atoms with E-state index in [-0.39, 0.29) is 11.8 Å². The maximum absolute atomic E-state index is 13.0. The number of para-hydroxylation sites is 4. The zero-order valence-electron chi connectivity index (χ0n) is 19.8. The molecule has 0 aliphatic carbocycles. The molecule has 174 valence electrons. The fourth-order valence-electron chi connectivity index (χ4n) is 4.72. The van der Waals surface area contributed by atoms with Gasteiger partial charge in [-0.1, -0.05) is 36.4 Å². The number of benzene rings is 3. The summed E-state index contributed by atoms with van der Waals surface area (Å²) in [6.07, 6.45) is 0.416. The smallest absolute Gasteiger partial charge is 0.227 e. The minimum atomic E-state index is -0.00878. The molecule has 0 unspecified atom stereocenters. The van der Waals surface area contributed by atoms with E-state index in [0.29, 0.717) is 31.9 Å². The van der Waals surface area contributed by atoms with E-state index in [2.05, 4.69) is 42.7 Å². The highest BCUT2D eigenvalue weighted by molar-refractivity contribution is 5.97. The van der Waals surface area contributed by atoms with E-state index in [1.165, 1.54) is 5.56 Å². The molecule has 6 heteroatoms. The van der Waals surface area contributed by atoms with Crippen LogP contribution in [0.15, 0.2) is 66.7 Å². The maximum atomic E-state index is 13.0. The van der Waals surface area contributed by atoms with Crippen molar-refractivity contribution in [2.24, 2.45) is 0 Å². The Morgan fingerprint density at radius 2 is 1.79 bits per heavy atom. The second-order valence-corrected chi connectivity index (χ2v) is 8.81. The Labute approximate surface area is 199 Å². The number of aromatic nitrogens is 2. The summed E-state index contributed by atoms with van der Waals surface area (Å²) in [6, 6.07) is 22.0. The van der Waals surface area contributed by atoms with Gasteiger partial charge in [0.15, 0.2) is 0 Å². The van der Waals surface area contributed by atoms with Crippen LogP contribution in [0, 0.1) is 13.8 Å². The summed E-state index contributed by atoms with van der Waals surface area (Å²) in [4.78, 5) is 19.8. The third-order valence-corrected chi connectivity index (χ3v) is 6.47. The molecule has 1 atom stereocenters. The zero-order chi connectivity index (χ0) is 23.7. The molecule has 1 aromatic heterocycles. The van der Waals surface area contributed by atoms with Gasteiger partial charge in [-0.05, 0) is 55.3 Å². The van der Waals surface area contributed by atoms with Crippen molar-refractivity contribution in [3.63, 3.8) is 0 Å². The van der Waals surface area contributed by atoms with Crippen LogP contribution >= 0.6 is 0 Å². The molecular weight excluding hydrogens is 426 g/mol. The summed E-state index contributed by atoms with van der Waals surface area (Å²) >= 11 is 0. The zero-order valence-corrected chi connectivity index (χ0v) is 19.8. The SMILES string of the molecule is COc1ccccc1N1C[C@H](c2nc3ccccc3n2CCOc2cc(C)ccc2C)CC1=O. The molecule has 1 fully saturated rings. The standard InChI is InChI=1S/C28H29N3O3/c1-19-12-13-20(2)26(16-19)34-15-14-30-23-9-5-4-8-22(23)29-28(30)21-17-27(32)31(18-21)24-10-6-7-11-25(24)33-3/h4-13,16,21H,14-15,17-18H2,1-3H3/t21-/m1/s1. The van der Waals surface area contributed by atoms with Crippen LogP contribution < -0.4 is 14.4 Å². The van der Waals surface area contributed by atoms with Crippen molar-refractivity contribution in [3.05, 3.63) is 83.7 Å². The topological polar surface area (TPSA) is 56.6 Å². The molecule has 1 amide bonds. The molecule has 34 heavy (non-hydrogen) atoms. The number of hydrogen-bond acceptors (Lipinski definition) is 4. The molecule has 0 saturated carbocycles. The van der Waals surface area contributed by atoms with Crippen molar-refractivity contribution in [2.75, 3.05) is 25.2 Å². The molecule has 0 bridgehead atoms. The van der Waals surface area contributed by atoms with E-state index >= 15 is 0 Å². The molecule has 6 nitrogen and oxygen atoms in total. The van der Waals surface area contributed by atoms with Crippen LogP contribution in [-0.4, -0.2) is 35.7 Å². The Hall–Kier alpha value is -3.80. The Bertz CT molecular complexity index is 1340. The fourth-order valence-corrected chi connectivity index (χ4v) is 4.72. The lowest BCUT2D eigenvalue weighted by Gasteiger charge is -2.20. The van der Waals surface area contributed by atoms with Gasteiger partial charge in [-0.2, -0.15) is 0 Å². The van der Waals surface area contributed by atoms with Crippen LogP contribution in [0.1, 0.15) is 29.3 Å². The summed E-state index contributed by atoms with van der Waals surface area (Å²) < 4.78 is 13.9. The molecule has 1 aliphatic rings. The van der Waals surface area contributed by atoms with Gasteiger partial charge < -0.3 is 18.9 Å². The molecule has 1 aliphatic heterocycles. The largest absolute Gasteiger partial charge is 0.495 e. The van der Waals surface area contributed by atoms with E-state index in [4.69, 9.17) is 14.5 Å². The number of nitrogens with zero attached hydrogens (tertiary/aromatic N) is 3. The second kappa shape index (κ2) is 9.21. The van der Waals surface area contributed by atoms with Gasteiger partial charge in [0, 0.05) is 18.9 Å². The van der Waals surface area contributed by atoms with Crippen LogP contribution in [0.5, 0.6) is 11.5 Å². The molecule has 3 aromatic carbocycles. The Kier molecular flexibility index (Phi) is 5.97. The first-order valence-electron chi connectivity index (χ1n) is 11.6. The highest BCUT2D eigenvalue weighted by Gasteiger charge is 2.35. The highest BCUT2D eigenvalue weighted by atomic mass is 16.5. The van der Waals surface area contributed by atoms with Crippen molar-refractivity contribution in [2.45, 2.75) is 32.7 Å². The van der Waals surface area contributed by atoms with Gasteiger partial charge in [0.2, 0.25) is 5.91 Å². The Balaban J connectivity index is 1.42. The van der Waals surface area contributed by atoms with Gasteiger partial charge >= 0.3 is 0 Å². The van der Waals surface area contributed by atoms with Gasteiger partial charge in [-0.25, -0.2) is 4.98 Å². The predicted octanol–water partition coefficient (Wildman–Crippen LogP) is 5.26. The van der Waals surface area contributed by atoms with E-state index in [1.54, 1.807) is 7.11 Å². The number of rotatable bonds is 7. The van der Waals surface area contributed by atoms with Gasteiger partial charge in [-0.15, -0.1) is 0 Å². The number of hydrogen-bond donors (Lipinski definition) is 0. The van der Waals surface area contributed by atoms with Crippen molar-refractivity contribution in [1.82, 2.24) is 9.55 Å². The lowest BCUT2D eigenvalue weighted by atomic mass is 10.1. The normalized spacial score (nSPS) is 15.8. The number of methoxy groups -OCH3 is 1. The highest BCUT2D eigenvalue weighted by Crippen LogP contribution is 2.37. The maximum Gasteiger partial charge on any atom is 0.227 e. The molecule has 0 spiro atoms. The number of aryl methyl sites for hydroxylation is 2. The van der Waals surface area contributed by atoms with Gasteiger partial charge in [0.25, 0.3) is 0 Å². The number of carbonyl (C=O) groups excluding carboxylic acids is 1. The van der Waals surface area contributed by atoms with Crippen molar-refractivity contribution in [1.29, 1.82) is 0 Å². The quantitative estimate of drug-likeness (QED) is 0.381. The van der Waals surface area contributed by atoms with Crippen molar-refractivity contribution >= 4 is 22.6 Å². The molecule has 0 N–H and O–H groups in total. The number of anilines is 1. The van der Waals surface area contributed by atoms with E-state index in [0.717, 1.165) is 33.9 Å². The Morgan fingerprint density at radius 1 is 1.00 bits per heavy atom. The third kappa shape index (κ3) is 4.12. The van der Waals surface area contributed by atoms with Crippen LogP contribution in [0.25, 0.3) is 11.0 Å². The monoisotopic (exact) mass is 455 g/mol. The number of ether oxygens (including phenoxy) is 2. The lowest BCUT2D eigenvalue weighted by Crippen LogP contribution is -2.25. The summed E-state index contributed by atoms with van der Waals surface area (Å²) in [5.41, 5.74) is 5.10. The summed E-state index contributed by atoms with van der Waals surface area (Å²) in [6.45, 7) is 5.87. The minimum absolute atomic E-state index is 0.00878. The number of amides is 1. The summed E-state index contributed by atoms with van der Waals surface area (Å²) in [7, 11) is 1.63. The van der Waals surface area contributed by atoms with E-state index in [1.807, 2.05) is 47.4 Å². The number of carbonyl (C=O) groups is 1. The average molecular weight is 456 g/mol. The fraction of sp³-hybridized carbons (Fsp3) is 0.286. The first-order valence-corrected chi connectivity index (χ1v) is 11.6. The van der Waals surface area contributed by atoms with Crippen molar-refractivity contribution < 1.29 is 14.3 Å².